The summed E-state index contributed by atoms with van der Waals surface area (Å²) in [5.74, 6) is 1.82. The molecule has 0 spiro atoms. The molecule has 0 amide bonds. The van der Waals surface area contributed by atoms with Crippen LogP contribution in [-0.4, -0.2) is 5.43 Å². The average molecular weight is 837 g/mol. The van der Waals surface area contributed by atoms with E-state index in [0.717, 1.165) is 22.6 Å². The minimum Gasteiger partial charge on any atom is -0.499 e. The van der Waals surface area contributed by atoms with Crippen molar-refractivity contribution in [3.63, 3.8) is 0 Å². The first-order valence-electron chi connectivity index (χ1n) is 17.5. The van der Waals surface area contributed by atoms with Gasteiger partial charge in [-0.25, -0.2) is 0 Å². The second-order valence-corrected chi connectivity index (χ2v) is 22.5. The predicted molar refractivity (Wildman–Crippen MR) is 232 cm³/mol. The number of fused-ring (bicyclic) bond motifs is 4. The zero-order valence-electron chi connectivity index (χ0n) is 30.0. The van der Waals surface area contributed by atoms with Crippen LogP contribution in [0.5, 0.6) is 0 Å². The van der Waals surface area contributed by atoms with Gasteiger partial charge in [0.2, 0.25) is 0 Å². The molecular formula is C48H38Cl2O2SiZr. The van der Waals surface area contributed by atoms with Gasteiger partial charge in [-0.1, -0.05) is 144 Å². The van der Waals surface area contributed by atoms with Gasteiger partial charge in [-0.2, -0.15) is 0 Å². The van der Waals surface area contributed by atoms with Gasteiger partial charge in [0.25, 0.3) is 0 Å². The molecule has 0 unspecified atom stereocenters. The van der Waals surface area contributed by atoms with E-state index in [2.05, 4.69) is 159 Å². The molecule has 0 aliphatic carbocycles. The van der Waals surface area contributed by atoms with Crippen LogP contribution in [0.2, 0.25) is 13.1 Å². The molecular weight excluding hydrogens is 799 g/mol. The molecule has 8 aromatic carbocycles. The molecule has 0 aliphatic heterocycles. The minimum absolute atomic E-state index is 0. The molecule has 10 aromatic rings. The van der Waals surface area contributed by atoms with E-state index in [1.165, 1.54) is 65.3 Å². The Hall–Kier alpha value is -4.70. The van der Waals surface area contributed by atoms with E-state index in [0.29, 0.717) is 0 Å². The van der Waals surface area contributed by atoms with Crippen LogP contribution in [0.1, 0.15) is 0 Å². The first kappa shape index (κ1) is 39.0. The SMILES string of the molecule is C[Si](C)=[Zr+2].Cl.Cl.c1coc(-c2cc3c(-c4cccc5ccccc45)cccc3[cH-]2)c1.c1coc(-c2cc3c(-c4cccc5ccccc45)cccc3[cH-]2)c1. The molecule has 6 heteroatoms. The molecule has 0 saturated heterocycles. The summed E-state index contributed by atoms with van der Waals surface area (Å²) in [5.41, 5.74) is 7.54. The molecule has 0 fully saturated rings. The van der Waals surface area contributed by atoms with E-state index in [-0.39, 0.29) is 30.2 Å². The van der Waals surface area contributed by atoms with Crippen LogP contribution in [0.25, 0.3) is 88.0 Å². The monoisotopic (exact) mass is 834 g/mol. The molecule has 0 saturated carbocycles. The van der Waals surface area contributed by atoms with Crippen molar-refractivity contribution in [2.75, 3.05) is 0 Å². The number of halogens is 2. The van der Waals surface area contributed by atoms with Gasteiger partial charge >= 0.3 is 41.9 Å². The fraction of sp³-hybridized carbons (Fsp3) is 0.0417. The molecule has 10 rings (SSSR count). The Balaban J connectivity index is 0.000000162. The topological polar surface area (TPSA) is 26.3 Å². The van der Waals surface area contributed by atoms with Gasteiger partial charge in [0.05, 0.1) is 24.0 Å². The first-order valence-corrected chi connectivity index (χ1v) is 23.7. The van der Waals surface area contributed by atoms with Crippen molar-refractivity contribution in [3.8, 4) is 44.9 Å². The third kappa shape index (κ3) is 8.19. The minimum atomic E-state index is 0. The normalized spacial score (nSPS) is 10.6. The summed E-state index contributed by atoms with van der Waals surface area (Å²) in [6.45, 7) is 4.62. The van der Waals surface area contributed by atoms with Crippen molar-refractivity contribution in [3.05, 3.63) is 182 Å². The molecule has 0 atom stereocenters. The van der Waals surface area contributed by atoms with E-state index < -0.39 is 0 Å². The van der Waals surface area contributed by atoms with Crippen LogP contribution >= 0.6 is 24.8 Å². The fourth-order valence-electron chi connectivity index (χ4n) is 7.03. The smallest absolute Gasteiger partial charge is 0.0796 e. The Bertz CT molecular complexity index is 2590. The predicted octanol–water partition coefficient (Wildman–Crippen LogP) is 14.9. The van der Waals surface area contributed by atoms with Gasteiger partial charge in [-0.3, -0.25) is 0 Å². The molecule has 0 aliphatic rings. The van der Waals surface area contributed by atoms with Gasteiger partial charge in [0.15, 0.2) is 0 Å². The summed E-state index contributed by atoms with van der Waals surface area (Å²) >= 11 is 1.74. The largest absolute Gasteiger partial charge is 0.499 e. The third-order valence-electron chi connectivity index (χ3n) is 9.27. The van der Waals surface area contributed by atoms with Crippen molar-refractivity contribution >= 4 is 73.3 Å². The summed E-state index contributed by atoms with van der Waals surface area (Å²) in [7, 11) is 0. The second-order valence-electron chi connectivity index (χ2n) is 13.1. The van der Waals surface area contributed by atoms with Crippen molar-refractivity contribution in [1.82, 2.24) is 0 Å². The summed E-state index contributed by atoms with van der Waals surface area (Å²) in [6.07, 6.45) is 3.44. The maximum atomic E-state index is 5.56. The maximum absolute atomic E-state index is 5.56. The molecule has 2 nitrogen and oxygen atoms in total. The van der Waals surface area contributed by atoms with Gasteiger partial charge < -0.3 is 8.83 Å². The van der Waals surface area contributed by atoms with Crippen molar-refractivity contribution < 1.29 is 32.2 Å². The van der Waals surface area contributed by atoms with Gasteiger partial charge in [-0.05, 0) is 44.8 Å². The zero-order chi connectivity index (χ0) is 35.4. The van der Waals surface area contributed by atoms with E-state index in [1.807, 2.05) is 24.3 Å². The molecule has 0 N–H and O–H groups in total. The van der Waals surface area contributed by atoms with Gasteiger partial charge in [-0.15, -0.1) is 82.8 Å². The Morgan fingerprint density at radius 1 is 0.426 bits per heavy atom. The maximum Gasteiger partial charge on any atom is 0.0796 e. The number of hydrogen-bond acceptors (Lipinski definition) is 2. The van der Waals surface area contributed by atoms with Crippen molar-refractivity contribution in [2.45, 2.75) is 13.1 Å². The third-order valence-corrected chi connectivity index (χ3v) is 9.27. The number of hydrogen-bond donors (Lipinski definition) is 0. The first-order chi connectivity index (χ1) is 25.5. The van der Waals surface area contributed by atoms with E-state index in [4.69, 9.17) is 8.83 Å². The summed E-state index contributed by atoms with van der Waals surface area (Å²) in [4.78, 5) is 0. The van der Waals surface area contributed by atoms with E-state index in [1.54, 1.807) is 35.9 Å². The van der Waals surface area contributed by atoms with Crippen LogP contribution in [-0.2, 0) is 23.3 Å². The molecule has 54 heavy (non-hydrogen) atoms. The van der Waals surface area contributed by atoms with Crippen LogP contribution in [0.15, 0.2) is 191 Å². The Morgan fingerprint density at radius 2 is 0.778 bits per heavy atom. The Labute approximate surface area is 343 Å². The Kier molecular flexibility index (Phi) is 12.7. The van der Waals surface area contributed by atoms with Crippen LogP contribution in [0.3, 0.4) is 0 Å². The molecule has 2 aromatic heterocycles. The molecule has 2 heterocycles. The van der Waals surface area contributed by atoms with E-state index >= 15 is 0 Å². The number of rotatable bonds is 4. The molecule has 0 bridgehead atoms. The van der Waals surface area contributed by atoms with Crippen LogP contribution < -0.4 is 0 Å². The second kappa shape index (κ2) is 17.6. The summed E-state index contributed by atoms with van der Waals surface area (Å²) in [6, 6.07) is 59.8. The van der Waals surface area contributed by atoms with Crippen LogP contribution in [0.4, 0.5) is 0 Å². The van der Waals surface area contributed by atoms with Crippen LogP contribution in [0, 0.1) is 0 Å². The van der Waals surface area contributed by atoms with Gasteiger partial charge in [0.1, 0.15) is 0 Å². The van der Waals surface area contributed by atoms with Crippen molar-refractivity contribution in [1.29, 1.82) is 0 Å². The quantitative estimate of drug-likeness (QED) is 0.130. The summed E-state index contributed by atoms with van der Waals surface area (Å²) in [5, 5.41) is 10.1. The van der Waals surface area contributed by atoms with E-state index in [9.17, 15) is 0 Å². The molecule has 0 radical (unpaired) electrons. The summed E-state index contributed by atoms with van der Waals surface area (Å²) < 4.78 is 11.1. The average Bonchev–Trinajstić information content (AvgIpc) is 4.01. The zero-order valence-corrected chi connectivity index (χ0v) is 35.0. The number of benzene rings is 6. The molecule has 264 valence electrons. The Morgan fingerprint density at radius 3 is 1.17 bits per heavy atom. The standard InChI is InChI=1S/2C23H15O.C2H6Si.2ClH.Zr/c2*1-2-9-19-16(6-1)7-3-10-20(19)21-11-4-8-17-14-18(15-22(17)21)23-12-5-13-24-23;1-3-2;;;/h2*1-15H;1-2H3;2*1H;/q2*-1;;;;+2. The number of furan rings is 2. The van der Waals surface area contributed by atoms with Crippen molar-refractivity contribution in [2.24, 2.45) is 0 Å². The van der Waals surface area contributed by atoms with Gasteiger partial charge in [0, 0.05) is 0 Å². The fourth-order valence-corrected chi connectivity index (χ4v) is 7.03.